The molecular formula is C29H32N4O8. The van der Waals surface area contributed by atoms with Gasteiger partial charge in [-0.1, -0.05) is 24.3 Å². The van der Waals surface area contributed by atoms with Crippen LogP contribution in [0.3, 0.4) is 0 Å². The number of aromatic nitrogens is 1. The van der Waals surface area contributed by atoms with E-state index in [1.54, 1.807) is 44.5 Å². The lowest BCUT2D eigenvalue weighted by molar-refractivity contribution is -0.384. The molecule has 0 amide bonds. The third-order valence-corrected chi connectivity index (χ3v) is 6.74. The molecule has 3 aromatic rings. The number of hydrogen-bond acceptors (Lipinski definition) is 10. The van der Waals surface area contributed by atoms with Crippen LogP contribution in [-0.4, -0.2) is 60.6 Å². The zero-order valence-electron chi connectivity index (χ0n) is 23.0. The first kappa shape index (κ1) is 29.3. The van der Waals surface area contributed by atoms with Crippen molar-refractivity contribution in [3.05, 3.63) is 104 Å². The number of ether oxygens (including phenoxy) is 3. The quantitative estimate of drug-likeness (QED) is 0.129. The monoisotopic (exact) mass is 564 g/mol. The number of nitrogens with zero attached hydrogens (tertiary/aromatic N) is 2. The smallest absolute Gasteiger partial charge is 0.336 e. The van der Waals surface area contributed by atoms with Gasteiger partial charge in [0, 0.05) is 49.3 Å². The van der Waals surface area contributed by atoms with Crippen molar-refractivity contribution < 1.29 is 29.0 Å². The van der Waals surface area contributed by atoms with Crippen LogP contribution in [0.15, 0.2) is 76.9 Å². The third kappa shape index (κ3) is 6.56. The van der Waals surface area contributed by atoms with Gasteiger partial charge >= 0.3 is 5.97 Å². The van der Waals surface area contributed by atoms with Crippen molar-refractivity contribution in [2.45, 2.75) is 25.5 Å². The molecule has 0 spiro atoms. The van der Waals surface area contributed by atoms with Crippen molar-refractivity contribution in [1.29, 1.82) is 0 Å². The number of nitro groups is 1. The molecule has 12 nitrogen and oxygen atoms in total. The zero-order valence-corrected chi connectivity index (χ0v) is 23.0. The third-order valence-electron chi connectivity index (χ3n) is 6.74. The molecule has 0 bridgehead atoms. The molecule has 0 saturated heterocycles. The summed E-state index contributed by atoms with van der Waals surface area (Å²) in [5, 5.41) is 28.0. The van der Waals surface area contributed by atoms with Crippen molar-refractivity contribution in [2.24, 2.45) is 0 Å². The first-order valence-electron chi connectivity index (χ1n) is 12.9. The summed E-state index contributed by atoms with van der Waals surface area (Å²) in [6.07, 6.45) is 0.830. The number of non-ortho nitro benzene ring substituents is 1. The highest BCUT2D eigenvalue weighted by atomic mass is 16.6. The van der Waals surface area contributed by atoms with E-state index in [-0.39, 0.29) is 42.1 Å². The summed E-state index contributed by atoms with van der Waals surface area (Å²) in [6, 6.07) is 14.8. The summed E-state index contributed by atoms with van der Waals surface area (Å²) in [4.78, 5) is 37.5. The number of nitro benzene ring substituents is 1. The number of aliphatic hydroxyl groups is 1. The van der Waals surface area contributed by atoms with Crippen LogP contribution in [0, 0.1) is 10.1 Å². The molecule has 2 aromatic carbocycles. The highest BCUT2D eigenvalue weighted by Gasteiger charge is 2.36. The maximum absolute atomic E-state index is 13.7. The SMILES string of the molecule is COC(=O)C1=C(C)Nc2ccn(CCNCC(O)COc3ccccc3OC)c(=O)c2C1c1cccc([N+](=O)[O-])c1. The van der Waals surface area contributed by atoms with Crippen molar-refractivity contribution in [1.82, 2.24) is 9.88 Å². The van der Waals surface area contributed by atoms with E-state index in [0.717, 1.165) is 0 Å². The number of rotatable bonds is 12. The average molecular weight is 565 g/mol. The lowest BCUT2D eigenvalue weighted by Gasteiger charge is -2.29. The number of carbonyl (C=O) groups is 1. The fourth-order valence-corrected chi connectivity index (χ4v) is 4.77. The Labute approximate surface area is 236 Å². The van der Waals surface area contributed by atoms with E-state index < -0.39 is 22.9 Å². The summed E-state index contributed by atoms with van der Waals surface area (Å²) in [6.45, 7) is 2.59. The molecule has 216 valence electrons. The average Bonchev–Trinajstić information content (AvgIpc) is 2.98. The highest BCUT2D eigenvalue weighted by molar-refractivity contribution is 5.94. The second-order valence-electron chi connectivity index (χ2n) is 9.40. The molecule has 2 unspecified atom stereocenters. The predicted molar refractivity (Wildman–Crippen MR) is 151 cm³/mol. The molecule has 2 atom stereocenters. The van der Waals surface area contributed by atoms with Crippen LogP contribution in [0.1, 0.15) is 24.0 Å². The minimum atomic E-state index is -0.875. The summed E-state index contributed by atoms with van der Waals surface area (Å²) in [5.41, 5.74) is 1.39. The first-order valence-corrected chi connectivity index (χ1v) is 12.9. The van der Waals surface area contributed by atoms with E-state index in [1.807, 2.05) is 12.1 Å². The summed E-state index contributed by atoms with van der Waals surface area (Å²) in [7, 11) is 2.78. The van der Waals surface area contributed by atoms with Crippen LogP contribution < -0.4 is 25.7 Å². The minimum Gasteiger partial charge on any atom is -0.493 e. The highest BCUT2D eigenvalue weighted by Crippen LogP contribution is 2.41. The Bertz CT molecular complexity index is 1520. The van der Waals surface area contributed by atoms with Crippen LogP contribution in [-0.2, 0) is 16.1 Å². The number of fused-ring (bicyclic) bond motifs is 1. The maximum atomic E-state index is 13.7. The van der Waals surface area contributed by atoms with Crippen molar-refractivity contribution >= 4 is 17.3 Å². The normalized spacial score (nSPS) is 15.0. The van der Waals surface area contributed by atoms with Crippen molar-refractivity contribution in [2.75, 3.05) is 39.2 Å². The van der Waals surface area contributed by atoms with Gasteiger partial charge in [-0.05, 0) is 30.7 Å². The number of nitrogens with one attached hydrogen (secondary N) is 2. The van der Waals surface area contributed by atoms with E-state index >= 15 is 0 Å². The van der Waals surface area contributed by atoms with Gasteiger partial charge in [0.15, 0.2) is 11.5 Å². The molecule has 41 heavy (non-hydrogen) atoms. The molecular weight excluding hydrogens is 532 g/mol. The van der Waals surface area contributed by atoms with E-state index in [1.165, 1.54) is 29.9 Å². The number of para-hydroxylation sites is 2. The van der Waals surface area contributed by atoms with Gasteiger partial charge in [-0.15, -0.1) is 0 Å². The number of hydrogen-bond donors (Lipinski definition) is 3. The molecule has 0 aliphatic carbocycles. The summed E-state index contributed by atoms with van der Waals surface area (Å²) < 4.78 is 17.4. The Balaban J connectivity index is 1.50. The molecule has 1 aromatic heterocycles. The van der Waals surface area contributed by atoms with Gasteiger partial charge in [0.25, 0.3) is 11.2 Å². The molecule has 0 fully saturated rings. The number of carbonyl (C=O) groups excluding carboxylic acids is 1. The fraction of sp³-hybridized carbons (Fsp3) is 0.310. The fourth-order valence-electron chi connectivity index (χ4n) is 4.77. The van der Waals surface area contributed by atoms with Gasteiger partial charge in [-0.3, -0.25) is 14.9 Å². The van der Waals surface area contributed by atoms with Crippen LogP contribution in [0.4, 0.5) is 11.4 Å². The molecule has 12 heteroatoms. The molecule has 2 heterocycles. The lowest BCUT2D eigenvalue weighted by atomic mass is 9.81. The standard InChI is InChI=1S/C29H32N4O8/c1-18-25(29(36)40-3)26(19-7-6-8-20(15-19)33(37)38)27-22(31-18)11-13-32(28(27)35)14-12-30-16-21(34)17-41-24-10-5-4-9-23(24)39-2/h4-11,13,15,21,26,30-31,34H,12,14,16-17H2,1-3H3. The number of anilines is 1. The van der Waals surface area contributed by atoms with E-state index in [9.17, 15) is 24.8 Å². The Hall–Kier alpha value is -4.68. The summed E-state index contributed by atoms with van der Waals surface area (Å²) in [5.74, 6) is -0.423. The number of aliphatic hydroxyl groups excluding tert-OH is 1. The van der Waals surface area contributed by atoms with Gasteiger partial charge < -0.3 is 34.5 Å². The Morgan fingerprint density at radius 2 is 1.93 bits per heavy atom. The number of allylic oxidation sites excluding steroid dienone is 1. The molecule has 1 aliphatic heterocycles. The molecule has 3 N–H and O–H groups in total. The van der Waals surface area contributed by atoms with Crippen LogP contribution >= 0.6 is 0 Å². The molecule has 0 saturated carbocycles. The van der Waals surface area contributed by atoms with E-state index in [2.05, 4.69) is 10.6 Å². The summed E-state index contributed by atoms with van der Waals surface area (Å²) >= 11 is 0. The lowest BCUT2D eigenvalue weighted by Crippen LogP contribution is -2.36. The minimum absolute atomic E-state index is 0.0463. The Morgan fingerprint density at radius 1 is 1.17 bits per heavy atom. The molecule has 4 rings (SSSR count). The second kappa shape index (κ2) is 13.1. The van der Waals surface area contributed by atoms with Crippen molar-refractivity contribution in [3.63, 3.8) is 0 Å². The Kier molecular flexibility index (Phi) is 9.37. The number of esters is 1. The Morgan fingerprint density at radius 3 is 2.63 bits per heavy atom. The molecule has 0 radical (unpaired) electrons. The van der Waals surface area contributed by atoms with Crippen LogP contribution in [0.2, 0.25) is 0 Å². The number of methoxy groups -OCH3 is 2. The topological polar surface area (TPSA) is 154 Å². The largest absolute Gasteiger partial charge is 0.493 e. The van der Waals surface area contributed by atoms with Crippen molar-refractivity contribution in [3.8, 4) is 11.5 Å². The van der Waals surface area contributed by atoms with Crippen LogP contribution in [0.25, 0.3) is 0 Å². The number of pyridine rings is 1. The van der Waals surface area contributed by atoms with Gasteiger partial charge in [-0.2, -0.15) is 0 Å². The number of benzene rings is 2. The van der Waals surface area contributed by atoms with E-state index in [0.29, 0.717) is 35.0 Å². The van der Waals surface area contributed by atoms with E-state index in [4.69, 9.17) is 14.2 Å². The maximum Gasteiger partial charge on any atom is 0.336 e. The van der Waals surface area contributed by atoms with Gasteiger partial charge in [0.05, 0.1) is 36.2 Å². The zero-order chi connectivity index (χ0) is 29.5. The van der Waals surface area contributed by atoms with Gasteiger partial charge in [0.1, 0.15) is 12.7 Å². The predicted octanol–water partition coefficient (Wildman–Crippen LogP) is 2.80. The molecule has 1 aliphatic rings. The first-order chi connectivity index (χ1) is 19.7. The van der Waals surface area contributed by atoms with Gasteiger partial charge in [-0.25, -0.2) is 4.79 Å². The van der Waals surface area contributed by atoms with Crippen LogP contribution in [0.5, 0.6) is 11.5 Å². The second-order valence-corrected chi connectivity index (χ2v) is 9.40. The van der Waals surface area contributed by atoms with Gasteiger partial charge in [0.2, 0.25) is 0 Å².